The molecule has 0 aromatic carbocycles. The Kier molecular flexibility index (Phi) is 5.21. The Hall–Kier alpha value is -2.11. The van der Waals surface area contributed by atoms with E-state index in [1.807, 2.05) is 0 Å². The van der Waals surface area contributed by atoms with Crippen molar-refractivity contribution in [3.8, 4) is 0 Å². The first-order chi connectivity index (χ1) is 12.3. The lowest BCUT2D eigenvalue weighted by molar-refractivity contribution is -0.140. The molecule has 0 aliphatic carbocycles. The molecule has 2 fully saturated rings. The maximum absolute atomic E-state index is 14.4. The zero-order valence-corrected chi connectivity index (χ0v) is 14.0. The van der Waals surface area contributed by atoms with Crippen molar-refractivity contribution < 1.29 is 23.4 Å². The van der Waals surface area contributed by atoms with Gasteiger partial charge in [-0.1, -0.05) is 0 Å². The SMILES string of the molecule is Nc1ccn([C@@H]2O[C@H](CNCCN3CCCC3=O)[C@@H](O)C2(F)F)c(=O)n1. The molecule has 1 aromatic heterocycles. The minimum absolute atomic E-state index is 0.0492. The van der Waals surface area contributed by atoms with Crippen LogP contribution in [0.5, 0.6) is 0 Å². The van der Waals surface area contributed by atoms with Gasteiger partial charge < -0.3 is 25.8 Å². The number of nitrogens with zero attached hydrogens (tertiary/aromatic N) is 3. The summed E-state index contributed by atoms with van der Waals surface area (Å²) in [5, 5.41) is 12.8. The Labute approximate surface area is 147 Å². The second-order valence-corrected chi connectivity index (χ2v) is 6.38. The number of aromatic nitrogens is 2. The van der Waals surface area contributed by atoms with Crippen LogP contribution >= 0.6 is 0 Å². The summed E-state index contributed by atoms with van der Waals surface area (Å²) >= 11 is 0. The maximum Gasteiger partial charge on any atom is 0.351 e. The van der Waals surface area contributed by atoms with Gasteiger partial charge in [0.2, 0.25) is 12.1 Å². The number of hydrogen-bond acceptors (Lipinski definition) is 7. The van der Waals surface area contributed by atoms with E-state index in [0.29, 0.717) is 30.6 Å². The summed E-state index contributed by atoms with van der Waals surface area (Å²) in [7, 11) is 0. The fourth-order valence-electron chi connectivity index (χ4n) is 3.14. The fraction of sp³-hybridized carbons (Fsp3) is 0.667. The highest BCUT2D eigenvalue weighted by molar-refractivity contribution is 5.78. The summed E-state index contributed by atoms with van der Waals surface area (Å²) in [5.41, 5.74) is 4.37. The second-order valence-electron chi connectivity index (χ2n) is 6.38. The highest BCUT2D eigenvalue weighted by Crippen LogP contribution is 2.41. The topological polar surface area (TPSA) is 123 Å². The van der Waals surface area contributed by atoms with Crippen LogP contribution in [0.2, 0.25) is 0 Å². The second kappa shape index (κ2) is 7.25. The number of carbonyl (C=O) groups is 1. The number of likely N-dealkylation sites (tertiary alicyclic amines) is 1. The number of carbonyl (C=O) groups excluding carboxylic acids is 1. The zero-order valence-electron chi connectivity index (χ0n) is 14.0. The Morgan fingerprint density at radius 2 is 2.23 bits per heavy atom. The lowest BCUT2D eigenvalue weighted by Gasteiger charge is -2.20. The first kappa shape index (κ1) is 18.7. The van der Waals surface area contributed by atoms with Gasteiger partial charge in [-0.2, -0.15) is 13.8 Å². The standard InChI is InChI=1S/C15H21F2N5O4/c16-15(17)12(24)9(8-19-4-7-21-5-1-2-11(21)23)26-13(15)22-6-3-10(18)20-14(22)25/h3,6,9,12-13,19,24H,1-2,4-5,7-8H2,(H2,18,20,25)/t9-,12-,13-/m1/s1. The molecule has 0 saturated carbocycles. The van der Waals surface area contributed by atoms with E-state index < -0.39 is 30.0 Å². The number of nitrogens with one attached hydrogen (secondary N) is 1. The van der Waals surface area contributed by atoms with E-state index >= 15 is 0 Å². The van der Waals surface area contributed by atoms with Crippen molar-refractivity contribution in [2.45, 2.75) is 37.2 Å². The summed E-state index contributed by atoms with van der Waals surface area (Å²) in [4.78, 5) is 28.4. The number of aliphatic hydroxyl groups is 1. The van der Waals surface area contributed by atoms with E-state index in [2.05, 4.69) is 10.3 Å². The molecule has 3 heterocycles. The number of rotatable bonds is 6. The molecule has 2 saturated heterocycles. The van der Waals surface area contributed by atoms with E-state index in [1.54, 1.807) is 4.90 Å². The Balaban J connectivity index is 1.59. The van der Waals surface area contributed by atoms with Crippen LogP contribution in [-0.4, -0.2) is 69.8 Å². The van der Waals surface area contributed by atoms with Crippen LogP contribution in [0.15, 0.2) is 17.1 Å². The van der Waals surface area contributed by atoms with Crippen molar-refractivity contribution in [3.05, 3.63) is 22.7 Å². The number of ether oxygens (including phenoxy) is 1. The first-order valence-electron chi connectivity index (χ1n) is 8.35. The van der Waals surface area contributed by atoms with Crippen molar-refractivity contribution in [2.75, 3.05) is 31.9 Å². The molecule has 4 N–H and O–H groups in total. The summed E-state index contributed by atoms with van der Waals surface area (Å²) in [6, 6.07) is 1.20. The van der Waals surface area contributed by atoms with Crippen LogP contribution in [0, 0.1) is 0 Å². The molecule has 0 unspecified atom stereocenters. The lowest BCUT2D eigenvalue weighted by Crippen LogP contribution is -2.44. The molecular formula is C15H21F2N5O4. The van der Waals surface area contributed by atoms with Gasteiger partial charge in [0, 0.05) is 38.8 Å². The lowest BCUT2D eigenvalue weighted by atomic mass is 10.1. The Morgan fingerprint density at radius 3 is 2.88 bits per heavy atom. The third kappa shape index (κ3) is 3.55. The van der Waals surface area contributed by atoms with Gasteiger partial charge in [0.25, 0.3) is 0 Å². The number of nitrogens with two attached hydrogens (primary N) is 1. The van der Waals surface area contributed by atoms with Crippen molar-refractivity contribution in [1.82, 2.24) is 19.8 Å². The molecule has 2 aliphatic heterocycles. The smallest absolute Gasteiger partial charge is 0.351 e. The number of hydrogen-bond donors (Lipinski definition) is 3. The van der Waals surface area contributed by atoms with E-state index in [9.17, 15) is 23.5 Å². The number of alkyl halides is 2. The van der Waals surface area contributed by atoms with Crippen LogP contribution < -0.4 is 16.7 Å². The number of aliphatic hydroxyl groups excluding tert-OH is 1. The van der Waals surface area contributed by atoms with Gasteiger partial charge in [0.15, 0.2) is 0 Å². The predicted molar refractivity (Wildman–Crippen MR) is 86.5 cm³/mol. The number of halogens is 2. The molecular weight excluding hydrogens is 352 g/mol. The quantitative estimate of drug-likeness (QED) is 0.543. The molecule has 9 nitrogen and oxygen atoms in total. The Morgan fingerprint density at radius 1 is 1.46 bits per heavy atom. The molecule has 144 valence electrons. The summed E-state index contributed by atoms with van der Waals surface area (Å²) in [5.74, 6) is -3.69. The third-order valence-corrected chi connectivity index (χ3v) is 4.56. The van der Waals surface area contributed by atoms with Gasteiger partial charge in [-0.25, -0.2) is 4.79 Å². The number of anilines is 1. The van der Waals surface area contributed by atoms with E-state index in [4.69, 9.17) is 10.5 Å². The molecule has 26 heavy (non-hydrogen) atoms. The van der Waals surface area contributed by atoms with Crippen LogP contribution in [0.1, 0.15) is 19.1 Å². The van der Waals surface area contributed by atoms with Crippen LogP contribution in [-0.2, 0) is 9.53 Å². The molecule has 1 aromatic rings. The molecule has 3 rings (SSSR count). The fourth-order valence-corrected chi connectivity index (χ4v) is 3.14. The van der Waals surface area contributed by atoms with Crippen LogP contribution in [0.25, 0.3) is 0 Å². The molecule has 11 heteroatoms. The summed E-state index contributed by atoms with van der Waals surface area (Å²) in [6.45, 7) is 1.49. The molecule has 0 bridgehead atoms. The minimum atomic E-state index is -3.67. The Bertz CT molecular complexity index is 728. The van der Waals surface area contributed by atoms with Gasteiger partial charge in [0.05, 0.1) is 0 Å². The largest absolute Gasteiger partial charge is 0.384 e. The highest BCUT2D eigenvalue weighted by atomic mass is 19.3. The summed E-state index contributed by atoms with van der Waals surface area (Å²) in [6.07, 6.45) is -2.86. The van der Waals surface area contributed by atoms with Crippen molar-refractivity contribution >= 4 is 11.7 Å². The number of amides is 1. The average Bonchev–Trinajstić information content (AvgIpc) is 3.08. The van der Waals surface area contributed by atoms with E-state index in [1.165, 1.54) is 6.07 Å². The van der Waals surface area contributed by atoms with Crippen LogP contribution in [0.3, 0.4) is 0 Å². The van der Waals surface area contributed by atoms with Crippen molar-refractivity contribution in [1.29, 1.82) is 0 Å². The zero-order chi connectivity index (χ0) is 18.9. The monoisotopic (exact) mass is 373 g/mol. The molecule has 3 atom stereocenters. The van der Waals surface area contributed by atoms with Crippen LogP contribution in [0.4, 0.5) is 14.6 Å². The third-order valence-electron chi connectivity index (χ3n) is 4.56. The average molecular weight is 373 g/mol. The normalized spacial score (nSPS) is 28.0. The van der Waals surface area contributed by atoms with Gasteiger partial charge in [-0.05, 0) is 12.5 Å². The molecule has 0 spiro atoms. The van der Waals surface area contributed by atoms with E-state index in [-0.39, 0.29) is 18.3 Å². The van der Waals surface area contributed by atoms with Gasteiger partial charge in [0.1, 0.15) is 18.0 Å². The predicted octanol–water partition coefficient (Wildman–Crippen LogP) is -1.07. The van der Waals surface area contributed by atoms with Crippen molar-refractivity contribution in [2.24, 2.45) is 0 Å². The summed E-state index contributed by atoms with van der Waals surface area (Å²) < 4.78 is 34.5. The van der Waals surface area contributed by atoms with E-state index in [0.717, 1.165) is 12.6 Å². The maximum atomic E-state index is 14.4. The minimum Gasteiger partial charge on any atom is -0.384 e. The van der Waals surface area contributed by atoms with Gasteiger partial charge in [-0.15, -0.1) is 0 Å². The van der Waals surface area contributed by atoms with Gasteiger partial charge in [-0.3, -0.25) is 9.36 Å². The first-order valence-corrected chi connectivity index (χ1v) is 8.35. The molecule has 0 radical (unpaired) electrons. The van der Waals surface area contributed by atoms with Crippen molar-refractivity contribution in [3.63, 3.8) is 0 Å². The molecule has 1 amide bonds. The highest BCUT2D eigenvalue weighted by Gasteiger charge is 2.59. The molecule has 2 aliphatic rings. The number of nitrogen functional groups attached to an aromatic ring is 1. The van der Waals surface area contributed by atoms with Gasteiger partial charge >= 0.3 is 11.6 Å².